The number of rotatable bonds is 8. The molecule has 0 spiro atoms. The maximum Gasteiger partial charge on any atom is 0.226 e. The first-order chi connectivity index (χ1) is 14.9. The van der Waals surface area contributed by atoms with Crippen LogP contribution in [0.25, 0.3) is 0 Å². The molecule has 1 aliphatic rings. The Bertz CT molecular complexity index is 895. The van der Waals surface area contributed by atoms with Crippen molar-refractivity contribution < 1.29 is 24.2 Å². The number of phenols is 1. The van der Waals surface area contributed by atoms with E-state index in [1.807, 2.05) is 25.1 Å². The fourth-order valence-electron chi connectivity index (χ4n) is 3.34. The van der Waals surface area contributed by atoms with Gasteiger partial charge in [-0.05, 0) is 55.0 Å². The van der Waals surface area contributed by atoms with E-state index in [-0.39, 0.29) is 30.6 Å². The number of hydrogen-bond acceptors (Lipinski definition) is 5. The number of phenolic OH excluding ortho intramolecular Hbond substituents is 1. The van der Waals surface area contributed by atoms with Gasteiger partial charge in [-0.2, -0.15) is 0 Å². The van der Waals surface area contributed by atoms with Crippen LogP contribution in [0.5, 0.6) is 17.2 Å². The molecule has 0 bridgehead atoms. The standard InChI is InChI=1S/C23H27BrN2O5/c1-17-16-18(24)2-7-21(17)31-15-9-23(29)26-12-10-25(11-13-26)22(28)8-14-30-20-5-3-19(27)4-6-20/h2-7,16,27H,8-15H2,1H3. The van der Waals surface area contributed by atoms with Crippen LogP contribution in [0.4, 0.5) is 0 Å². The molecule has 0 radical (unpaired) electrons. The Labute approximate surface area is 190 Å². The maximum atomic E-state index is 12.5. The van der Waals surface area contributed by atoms with Gasteiger partial charge in [0.2, 0.25) is 11.8 Å². The van der Waals surface area contributed by atoms with E-state index in [4.69, 9.17) is 9.47 Å². The quantitative estimate of drug-likeness (QED) is 0.613. The summed E-state index contributed by atoms with van der Waals surface area (Å²) >= 11 is 3.42. The van der Waals surface area contributed by atoms with Gasteiger partial charge in [-0.25, -0.2) is 0 Å². The average molecular weight is 491 g/mol. The van der Waals surface area contributed by atoms with Crippen molar-refractivity contribution in [3.63, 3.8) is 0 Å². The van der Waals surface area contributed by atoms with E-state index in [0.29, 0.717) is 45.0 Å². The lowest BCUT2D eigenvalue weighted by Crippen LogP contribution is -2.51. The number of nitrogens with zero attached hydrogens (tertiary/aromatic N) is 2. The zero-order valence-electron chi connectivity index (χ0n) is 17.6. The molecule has 1 aliphatic heterocycles. The van der Waals surface area contributed by atoms with Gasteiger partial charge >= 0.3 is 0 Å². The summed E-state index contributed by atoms with van der Waals surface area (Å²) in [4.78, 5) is 28.4. The van der Waals surface area contributed by atoms with Crippen LogP contribution in [-0.4, -0.2) is 66.1 Å². The van der Waals surface area contributed by atoms with Gasteiger partial charge < -0.3 is 24.4 Å². The smallest absolute Gasteiger partial charge is 0.226 e. The Morgan fingerprint density at radius 3 is 2.00 bits per heavy atom. The Morgan fingerprint density at radius 2 is 1.45 bits per heavy atom. The van der Waals surface area contributed by atoms with Gasteiger partial charge in [0.15, 0.2) is 0 Å². The van der Waals surface area contributed by atoms with Gasteiger partial charge in [-0.15, -0.1) is 0 Å². The maximum absolute atomic E-state index is 12.5. The van der Waals surface area contributed by atoms with E-state index < -0.39 is 0 Å². The molecule has 1 fully saturated rings. The van der Waals surface area contributed by atoms with Gasteiger partial charge in [0.05, 0.1) is 26.1 Å². The summed E-state index contributed by atoms with van der Waals surface area (Å²) in [6.45, 7) is 4.67. The molecule has 3 rings (SSSR count). The van der Waals surface area contributed by atoms with Gasteiger partial charge in [0.25, 0.3) is 0 Å². The molecule has 0 aliphatic carbocycles. The molecule has 1 N–H and O–H groups in total. The highest BCUT2D eigenvalue weighted by Gasteiger charge is 2.23. The fraction of sp³-hybridized carbons (Fsp3) is 0.391. The van der Waals surface area contributed by atoms with Crippen LogP contribution >= 0.6 is 15.9 Å². The zero-order valence-corrected chi connectivity index (χ0v) is 19.1. The van der Waals surface area contributed by atoms with E-state index >= 15 is 0 Å². The molecule has 2 aromatic carbocycles. The van der Waals surface area contributed by atoms with E-state index in [9.17, 15) is 14.7 Å². The number of carbonyl (C=O) groups is 2. The number of piperazine rings is 1. The topological polar surface area (TPSA) is 79.3 Å². The number of halogens is 1. The van der Waals surface area contributed by atoms with Gasteiger partial charge in [-0.1, -0.05) is 15.9 Å². The van der Waals surface area contributed by atoms with E-state index in [2.05, 4.69) is 15.9 Å². The molecule has 0 saturated carbocycles. The molecule has 0 atom stereocenters. The van der Waals surface area contributed by atoms with E-state index in [1.54, 1.807) is 34.1 Å². The molecular formula is C23H27BrN2O5. The van der Waals surface area contributed by atoms with Crippen LogP contribution in [0.2, 0.25) is 0 Å². The predicted octanol–water partition coefficient (Wildman–Crippen LogP) is 3.37. The number of hydrogen-bond donors (Lipinski definition) is 1. The molecule has 0 unspecified atom stereocenters. The molecule has 166 valence electrons. The fourth-order valence-corrected chi connectivity index (χ4v) is 3.82. The predicted molar refractivity (Wildman–Crippen MR) is 120 cm³/mol. The van der Waals surface area contributed by atoms with Crippen molar-refractivity contribution in [1.82, 2.24) is 9.80 Å². The highest BCUT2D eigenvalue weighted by molar-refractivity contribution is 9.10. The third-order valence-corrected chi connectivity index (χ3v) is 5.61. The van der Waals surface area contributed by atoms with Crippen molar-refractivity contribution in [2.75, 3.05) is 39.4 Å². The van der Waals surface area contributed by atoms with Crippen LogP contribution in [0.1, 0.15) is 18.4 Å². The van der Waals surface area contributed by atoms with Gasteiger partial charge in [0.1, 0.15) is 17.2 Å². The van der Waals surface area contributed by atoms with Crippen molar-refractivity contribution in [2.24, 2.45) is 0 Å². The zero-order chi connectivity index (χ0) is 22.2. The number of amides is 2. The summed E-state index contributed by atoms with van der Waals surface area (Å²) in [5.41, 5.74) is 1.02. The first kappa shape index (κ1) is 22.9. The highest BCUT2D eigenvalue weighted by Crippen LogP contribution is 2.22. The normalized spacial score (nSPS) is 13.7. The number of ether oxygens (including phenoxy) is 2. The van der Waals surface area contributed by atoms with Gasteiger partial charge in [-0.3, -0.25) is 9.59 Å². The summed E-state index contributed by atoms with van der Waals surface area (Å²) in [7, 11) is 0. The van der Waals surface area contributed by atoms with Crippen molar-refractivity contribution in [3.05, 3.63) is 52.5 Å². The minimum atomic E-state index is 0.0138. The molecule has 7 nitrogen and oxygen atoms in total. The van der Waals surface area contributed by atoms with Crippen LogP contribution in [-0.2, 0) is 9.59 Å². The Balaban J connectivity index is 1.33. The molecule has 2 amide bonds. The molecule has 31 heavy (non-hydrogen) atoms. The second-order valence-electron chi connectivity index (χ2n) is 7.36. The van der Waals surface area contributed by atoms with Crippen molar-refractivity contribution >= 4 is 27.7 Å². The number of carbonyl (C=O) groups excluding carboxylic acids is 2. The van der Waals surface area contributed by atoms with Gasteiger partial charge in [0, 0.05) is 30.7 Å². The first-order valence-corrected chi connectivity index (χ1v) is 11.1. The molecular weight excluding hydrogens is 464 g/mol. The lowest BCUT2D eigenvalue weighted by atomic mass is 10.2. The molecule has 0 aromatic heterocycles. The third-order valence-electron chi connectivity index (χ3n) is 5.12. The molecule has 1 heterocycles. The number of aryl methyl sites for hydroxylation is 1. The summed E-state index contributed by atoms with van der Waals surface area (Å²) in [6.07, 6.45) is 0.582. The minimum Gasteiger partial charge on any atom is -0.508 e. The van der Waals surface area contributed by atoms with Crippen molar-refractivity contribution in [1.29, 1.82) is 0 Å². The SMILES string of the molecule is Cc1cc(Br)ccc1OCCC(=O)N1CCN(C(=O)CCOc2ccc(O)cc2)CC1. The largest absolute Gasteiger partial charge is 0.508 e. The highest BCUT2D eigenvalue weighted by atomic mass is 79.9. The first-order valence-electron chi connectivity index (χ1n) is 10.3. The van der Waals surface area contributed by atoms with Crippen LogP contribution in [0.3, 0.4) is 0 Å². The van der Waals surface area contributed by atoms with E-state index in [0.717, 1.165) is 15.8 Å². The molecule has 8 heteroatoms. The number of aromatic hydroxyl groups is 1. The molecule has 1 saturated heterocycles. The monoisotopic (exact) mass is 490 g/mol. The number of benzene rings is 2. The minimum absolute atomic E-state index is 0.0138. The van der Waals surface area contributed by atoms with Crippen molar-refractivity contribution in [2.45, 2.75) is 19.8 Å². The van der Waals surface area contributed by atoms with Crippen LogP contribution < -0.4 is 9.47 Å². The second-order valence-corrected chi connectivity index (χ2v) is 8.28. The van der Waals surface area contributed by atoms with Crippen LogP contribution in [0, 0.1) is 6.92 Å². The Morgan fingerprint density at radius 1 is 0.903 bits per heavy atom. The second kappa shape index (κ2) is 11.0. The summed E-state index contributed by atoms with van der Waals surface area (Å²) in [5.74, 6) is 1.62. The Kier molecular flexibility index (Phi) is 8.17. The summed E-state index contributed by atoms with van der Waals surface area (Å²) in [6, 6.07) is 12.2. The van der Waals surface area contributed by atoms with E-state index in [1.165, 1.54) is 0 Å². The van der Waals surface area contributed by atoms with Crippen molar-refractivity contribution in [3.8, 4) is 17.2 Å². The summed E-state index contributed by atoms with van der Waals surface area (Å²) < 4.78 is 12.3. The average Bonchev–Trinajstić information content (AvgIpc) is 2.76. The lowest BCUT2D eigenvalue weighted by molar-refractivity contribution is -0.140. The third kappa shape index (κ3) is 6.89. The summed E-state index contributed by atoms with van der Waals surface area (Å²) in [5, 5.41) is 9.27. The molecule has 2 aromatic rings. The Hall–Kier alpha value is -2.74. The van der Waals surface area contributed by atoms with Crippen LogP contribution in [0.15, 0.2) is 46.9 Å². The lowest BCUT2D eigenvalue weighted by Gasteiger charge is -2.35.